The van der Waals surface area contributed by atoms with Crippen LogP contribution >= 0.6 is 36.8 Å². The molecule has 4 aliphatic rings. The summed E-state index contributed by atoms with van der Waals surface area (Å²) >= 11 is 5.66. The van der Waals surface area contributed by atoms with E-state index in [1.165, 1.54) is 58.0 Å². The van der Waals surface area contributed by atoms with E-state index in [2.05, 4.69) is 12.6 Å². The van der Waals surface area contributed by atoms with E-state index < -0.39 is 76.5 Å². The maximum Gasteiger partial charge on any atom is 0.253 e. The Kier molecular flexibility index (Phi) is 31.7. The lowest BCUT2D eigenvalue weighted by atomic mass is 9.84. The molecular formula is C78H93ClF4N12O12S2. The number of benzene rings is 4. The van der Waals surface area contributed by atoms with Gasteiger partial charge in [-0.05, 0) is 120 Å². The van der Waals surface area contributed by atoms with Crippen molar-refractivity contribution in [1.29, 1.82) is 0 Å². The molecule has 10 rings (SSSR count). The van der Waals surface area contributed by atoms with Gasteiger partial charge in [0.25, 0.3) is 35.4 Å². The SMILES string of the molecule is CC(C)(C)[C@H](c1nc(-c2cc(F)ccc2F)cn1Cc1ccccc1)N(CC(CN)CS)C(=O)CO.CC(C)(C)[C@H](c1nc(-c2cc(F)ccc2F)cn1Cc1ccccc1)N(CC(CN)CSC1CC(=O)N(CCCCN2C(=O)C=CC2=O)C1=O)C(=O)CO.Cl.O=C1C=CC(=O)N1CCCCN1C(=O)C=CC1=O. The third-order valence-corrected chi connectivity index (χ3v) is 20.3. The van der Waals surface area contributed by atoms with Crippen molar-refractivity contribution in [2.75, 3.05) is 77.1 Å². The first kappa shape index (κ1) is 86.8. The molecule has 0 saturated carbocycles. The summed E-state index contributed by atoms with van der Waals surface area (Å²) in [5, 5.41) is 19.4. The maximum absolute atomic E-state index is 15.1. The molecule has 0 aliphatic carbocycles. The number of aliphatic hydroxyl groups excluding tert-OH is 2. The van der Waals surface area contributed by atoms with E-state index in [4.69, 9.17) is 21.4 Å². The minimum atomic E-state index is -0.803. The summed E-state index contributed by atoms with van der Waals surface area (Å²) in [6.45, 7) is 12.7. The fourth-order valence-corrected chi connectivity index (χ4v) is 14.4. The van der Waals surface area contributed by atoms with Gasteiger partial charge < -0.3 is 40.6 Å². The molecule has 0 spiro atoms. The Bertz CT molecular complexity index is 4240. The standard InChI is InChI=1S/C39H46F2N6O6S.C27H34F2N4O2S.C12H12N2O4.ClH/c1-39(2,3)36(37-43-30(28-17-27(40)11-12-29(28)41)22-44(37)20-25-9-5-4-6-10-25)47(35(52)23-48)21-26(19-42)24-54-31-18-34(51)46(38(31)53)16-8-7-15-45-32(49)13-14-33(45)50;1-27(2,3)25(33(24(35)16-34)14-19(12-30)17-36)26-31-23(21-11-20(28)9-10-22(21)29)15-32(26)13-18-7-5-4-6-8-18;15-9-3-4-10(16)13(9)7-1-2-8-14-11(17)5-6-12(14)18;/h4-6,9-14,17,22,26,31,36,48H,7-8,15-16,18-21,23-24,42H2,1-3H3;4-11,15,19,25,34,36H,12-14,16-17,30H2,1-3H3;3-6H,1-2,7-8H2;1H/t26?,31?,36-;19?,25-;;/m00../s1. The van der Waals surface area contributed by atoms with Crippen LogP contribution in [0.4, 0.5) is 17.6 Å². The summed E-state index contributed by atoms with van der Waals surface area (Å²) in [5.41, 5.74) is 13.3. The first-order chi connectivity index (χ1) is 51.4. The third-order valence-electron chi connectivity index (χ3n) is 18.4. The van der Waals surface area contributed by atoms with Crippen molar-refractivity contribution >= 4 is 95.9 Å². The summed E-state index contributed by atoms with van der Waals surface area (Å²) in [4.78, 5) is 139. The number of thiol groups is 1. The van der Waals surface area contributed by atoms with Gasteiger partial charge in [-0.3, -0.25) is 67.5 Å². The highest BCUT2D eigenvalue weighted by Crippen LogP contribution is 2.42. The Morgan fingerprint density at radius 1 is 0.541 bits per heavy atom. The van der Waals surface area contributed by atoms with Gasteiger partial charge in [0.1, 0.15) is 48.1 Å². The number of thioether (sulfide) groups is 1. The van der Waals surface area contributed by atoms with Crippen LogP contribution in [0.5, 0.6) is 0 Å². The maximum atomic E-state index is 15.1. The summed E-state index contributed by atoms with van der Waals surface area (Å²) in [6, 6.07) is 24.2. The van der Waals surface area contributed by atoms with Crippen LogP contribution < -0.4 is 11.5 Å². The molecule has 0 radical (unpaired) electrons. The average Bonchev–Trinajstić information content (AvgIpc) is 1.65. The largest absolute Gasteiger partial charge is 0.387 e. The summed E-state index contributed by atoms with van der Waals surface area (Å²) in [6.07, 6.45) is 12.7. The lowest BCUT2D eigenvalue weighted by Crippen LogP contribution is -2.47. The number of carbonyl (C=O) groups is 10. The number of amides is 10. The van der Waals surface area contributed by atoms with Crippen molar-refractivity contribution in [3.63, 3.8) is 0 Å². The molecule has 10 amide bonds. The van der Waals surface area contributed by atoms with Crippen LogP contribution in [0.3, 0.4) is 0 Å². The Labute approximate surface area is 646 Å². The number of hydrogen-bond donors (Lipinski definition) is 5. The second-order valence-corrected chi connectivity index (χ2v) is 30.2. The quantitative estimate of drug-likeness (QED) is 0.0115. The molecule has 1 saturated heterocycles. The fourth-order valence-electron chi connectivity index (χ4n) is 12.9. The Balaban J connectivity index is 0.000000256. The van der Waals surface area contributed by atoms with Gasteiger partial charge in [-0.15, -0.1) is 24.2 Å². The van der Waals surface area contributed by atoms with Crippen LogP contribution in [-0.2, 0) is 61.0 Å². The van der Waals surface area contributed by atoms with Gasteiger partial charge in [-0.1, -0.05) is 102 Å². The fraction of sp³-hybridized carbons (Fsp3) is 0.410. The minimum absolute atomic E-state index is 0. The highest BCUT2D eigenvalue weighted by Gasteiger charge is 2.43. The zero-order chi connectivity index (χ0) is 78.7. The van der Waals surface area contributed by atoms with Crippen LogP contribution in [0.2, 0.25) is 0 Å². The first-order valence-corrected chi connectivity index (χ1v) is 37.1. The smallest absolute Gasteiger partial charge is 0.253 e. The zero-order valence-electron chi connectivity index (χ0n) is 61.6. The lowest BCUT2D eigenvalue weighted by Gasteiger charge is -2.41. The second-order valence-electron chi connectivity index (χ2n) is 28.6. The predicted molar refractivity (Wildman–Crippen MR) is 408 cm³/mol. The molecule has 584 valence electrons. The number of nitrogens with zero attached hydrogens (tertiary/aromatic N) is 10. The average molecular weight is 1570 g/mol. The number of nitrogens with two attached hydrogens (primary N) is 2. The number of rotatable bonds is 32. The van der Waals surface area contributed by atoms with E-state index >= 15 is 4.39 Å². The van der Waals surface area contributed by atoms with Crippen molar-refractivity contribution < 1.29 is 75.7 Å². The van der Waals surface area contributed by atoms with Gasteiger partial charge in [-0.25, -0.2) is 27.5 Å². The number of carbonyl (C=O) groups excluding carboxylic acids is 10. The molecule has 31 heteroatoms. The van der Waals surface area contributed by atoms with Crippen molar-refractivity contribution in [3.05, 3.63) is 192 Å². The Morgan fingerprint density at radius 2 is 0.890 bits per heavy atom. The number of hydrogen-bond acceptors (Lipinski definition) is 18. The highest BCUT2D eigenvalue weighted by atomic mass is 35.5. The number of aromatic nitrogens is 4. The molecule has 3 unspecified atom stereocenters. The van der Waals surface area contributed by atoms with Gasteiger partial charge >= 0.3 is 0 Å². The first-order valence-electron chi connectivity index (χ1n) is 35.4. The second kappa shape index (κ2) is 39.8. The summed E-state index contributed by atoms with van der Waals surface area (Å²) < 4.78 is 61.8. The summed E-state index contributed by atoms with van der Waals surface area (Å²) in [7, 11) is 0. The normalized spacial score (nSPS) is 16.0. The van der Waals surface area contributed by atoms with Crippen molar-refractivity contribution in [2.24, 2.45) is 34.1 Å². The molecule has 5 atom stereocenters. The topological polar surface area (TPSA) is 318 Å². The van der Waals surface area contributed by atoms with E-state index in [1.807, 2.05) is 111 Å². The molecule has 0 bridgehead atoms. The van der Waals surface area contributed by atoms with Gasteiger partial charge in [0, 0.05) is 119 Å². The molecule has 4 aromatic carbocycles. The number of unbranched alkanes of at least 4 members (excludes halogenated alkanes) is 2. The molecule has 6 aromatic rings. The Morgan fingerprint density at radius 3 is 1.22 bits per heavy atom. The van der Waals surface area contributed by atoms with Crippen molar-refractivity contribution in [2.45, 2.75) is 104 Å². The van der Waals surface area contributed by atoms with Crippen molar-refractivity contribution in [1.82, 2.24) is 48.5 Å². The lowest BCUT2D eigenvalue weighted by molar-refractivity contribution is -0.141. The van der Waals surface area contributed by atoms with Gasteiger partial charge in [0.2, 0.25) is 23.6 Å². The predicted octanol–water partition coefficient (Wildman–Crippen LogP) is 8.25. The molecule has 109 heavy (non-hydrogen) atoms. The molecule has 2 aromatic heterocycles. The zero-order valence-corrected chi connectivity index (χ0v) is 64.1. The van der Waals surface area contributed by atoms with Gasteiger partial charge in [-0.2, -0.15) is 12.6 Å². The third kappa shape index (κ3) is 22.9. The molecule has 24 nitrogen and oxygen atoms in total. The summed E-state index contributed by atoms with van der Waals surface area (Å²) in [5.74, 6) is -4.94. The van der Waals surface area contributed by atoms with Crippen LogP contribution in [0.15, 0.2) is 146 Å². The number of likely N-dealkylation sites (tertiary alicyclic amines) is 1. The molecule has 1 fully saturated rings. The van der Waals surface area contributed by atoms with Crippen molar-refractivity contribution in [3.8, 4) is 22.5 Å². The molecule has 6 N–H and O–H groups in total. The van der Waals surface area contributed by atoms with E-state index in [9.17, 15) is 71.3 Å². The molecule has 6 heterocycles. The van der Waals surface area contributed by atoms with Gasteiger partial charge in [0.05, 0.1) is 28.7 Å². The van der Waals surface area contributed by atoms with Crippen LogP contribution in [0.25, 0.3) is 22.5 Å². The highest BCUT2D eigenvalue weighted by molar-refractivity contribution is 8.00. The molecular weight excluding hydrogens is 1470 g/mol. The van der Waals surface area contributed by atoms with E-state index in [0.717, 1.165) is 62.2 Å². The number of aliphatic hydroxyl groups is 2. The van der Waals surface area contributed by atoms with Crippen LogP contribution in [0.1, 0.15) is 109 Å². The van der Waals surface area contributed by atoms with E-state index in [0.29, 0.717) is 81.6 Å². The number of halogens is 5. The number of imide groups is 4. The number of imidazole rings is 2. The van der Waals surface area contributed by atoms with Crippen LogP contribution in [-0.4, -0.2) is 200 Å². The van der Waals surface area contributed by atoms with Crippen LogP contribution in [0, 0.1) is 45.9 Å². The van der Waals surface area contributed by atoms with E-state index in [1.54, 1.807) is 17.3 Å². The molecule has 4 aliphatic heterocycles. The van der Waals surface area contributed by atoms with Gasteiger partial charge in [0.15, 0.2) is 0 Å². The monoisotopic (exact) mass is 1560 g/mol. The minimum Gasteiger partial charge on any atom is -0.387 e. The Hall–Kier alpha value is -9.43. The van der Waals surface area contributed by atoms with E-state index in [-0.39, 0.29) is 133 Å².